The third-order valence-corrected chi connectivity index (χ3v) is 2.95. The van der Waals surface area contributed by atoms with E-state index in [1.54, 1.807) is 13.8 Å². The molecule has 1 amide bonds. The first kappa shape index (κ1) is 14.2. The first-order chi connectivity index (χ1) is 8.36. The van der Waals surface area contributed by atoms with Gasteiger partial charge >= 0.3 is 0 Å². The monoisotopic (exact) mass is 244 g/mol. The van der Waals surface area contributed by atoms with Crippen LogP contribution in [0.4, 0.5) is 0 Å². The minimum absolute atomic E-state index is 0.238. The van der Waals surface area contributed by atoms with Gasteiger partial charge in [0.1, 0.15) is 5.41 Å². The molecule has 0 radical (unpaired) electrons. The van der Waals surface area contributed by atoms with Crippen LogP contribution < -0.4 is 5.32 Å². The van der Waals surface area contributed by atoms with Crippen molar-refractivity contribution in [1.29, 1.82) is 5.26 Å². The Kier molecular flexibility index (Phi) is 4.49. The molecule has 1 rings (SSSR count). The summed E-state index contributed by atoms with van der Waals surface area (Å²) in [4.78, 5) is 11.7. The SMILES string of the molecule is CC(C)c1ccc(CNC(=O)C(C)(C)C#N)cc1. The topological polar surface area (TPSA) is 52.9 Å². The Balaban J connectivity index is 2.60. The van der Waals surface area contributed by atoms with Crippen LogP contribution >= 0.6 is 0 Å². The zero-order chi connectivity index (χ0) is 13.8. The molecule has 3 nitrogen and oxygen atoms in total. The van der Waals surface area contributed by atoms with Crippen molar-refractivity contribution in [2.75, 3.05) is 0 Å². The number of carbonyl (C=O) groups is 1. The van der Waals surface area contributed by atoms with Gasteiger partial charge in [-0.1, -0.05) is 38.1 Å². The van der Waals surface area contributed by atoms with Gasteiger partial charge in [-0.2, -0.15) is 5.26 Å². The summed E-state index contributed by atoms with van der Waals surface area (Å²) in [5, 5.41) is 11.6. The molecule has 0 atom stereocenters. The van der Waals surface area contributed by atoms with Crippen LogP contribution in [-0.4, -0.2) is 5.91 Å². The minimum atomic E-state index is -0.974. The van der Waals surface area contributed by atoms with Crippen molar-refractivity contribution < 1.29 is 4.79 Å². The predicted octanol–water partition coefficient (Wildman–Crippen LogP) is 2.98. The van der Waals surface area contributed by atoms with E-state index >= 15 is 0 Å². The van der Waals surface area contributed by atoms with E-state index in [9.17, 15) is 4.79 Å². The highest BCUT2D eigenvalue weighted by molar-refractivity contribution is 5.84. The Bertz CT molecular complexity index is 452. The van der Waals surface area contributed by atoms with E-state index in [0.717, 1.165) is 5.56 Å². The fourth-order valence-corrected chi connectivity index (χ4v) is 1.47. The van der Waals surface area contributed by atoms with E-state index in [1.807, 2.05) is 18.2 Å². The summed E-state index contributed by atoms with van der Waals surface area (Å²) in [6.07, 6.45) is 0. The fraction of sp³-hybridized carbons (Fsp3) is 0.467. The molecule has 3 heteroatoms. The van der Waals surface area contributed by atoms with Gasteiger partial charge in [0.05, 0.1) is 6.07 Å². The molecule has 1 N–H and O–H groups in total. The van der Waals surface area contributed by atoms with Crippen LogP contribution in [0.1, 0.15) is 44.7 Å². The maximum Gasteiger partial charge on any atom is 0.240 e. The summed E-state index contributed by atoms with van der Waals surface area (Å²) in [6, 6.07) is 10.1. The zero-order valence-electron chi connectivity index (χ0n) is 11.4. The summed E-state index contributed by atoms with van der Waals surface area (Å²) in [5.74, 6) is 0.268. The van der Waals surface area contributed by atoms with Gasteiger partial charge in [-0.15, -0.1) is 0 Å². The molecule has 0 unspecified atom stereocenters. The first-order valence-corrected chi connectivity index (χ1v) is 6.15. The maximum absolute atomic E-state index is 11.7. The standard InChI is InChI=1S/C15H20N2O/c1-11(2)13-7-5-12(6-8-13)9-17-14(18)15(3,4)10-16/h5-8,11H,9H2,1-4H3,(H,17,18). The number of hydrogen-bond acceptors (Lipinski definition) is 2. The van der Waals surface area contributed by atoms with Gasteiger partial charge in [0.2, 0.25) is 5.91 Å². The van der Waals surface area contributed by atoms with Crippen LogP contribution in [0.5, 0.6) is 0 Å². The quantitative estimate of drug-likeness (QED) is 0.885. The predicted molar refractivity (Wildman–Crippen MR) is 71.8 cm³/mol. The van der Waals surface area contributed by atoms with E-state index in [2.05, 4.69) is 31.3 Å². The van der Waals surface area contributed by atoms with Gasteiger partial charge in [-0.3, -0.25) is 4.79 Å². The molecular weight excluding hydrogens is 224 g/mol. The molecule has 0 spiro atoms. The Labute approximate surface area is 109 Å². The van der Waals surface area contributed by atoms with Crippen LogP contribution in [0, 0.1) is 16.7 Å². The summed E-state index contributed by atoms with van der Waals surface area (Å²) in [6.45, 7) is 7.98. The average Bonchev–Trinajstić information content (AvgIpc) is 2.36. The second-order valence-electron chi connectivity index (χ2n) is 5.32. The lowest BCUT2D eigenvalue weighted by Crippen LogP contribution is -2.35. The molecule has 0 aliphatic rings. The van der Waals surface area contributed by atoms with Gasteiger partial charge in [0.15, 0.2) is 0 Å². The van der Waals surface area contributed by atoms with Gasteiger partial charge in [-0.05, 0) is 30.9 Å². The molecule has 1 aromatic carbocycles. The number of nitrogens with one attached hydrogen (secondary N) is 1. The van der Waals surface area contributed by atoms with Crippen LogP contribution in [0.25, 0.3) is 0 Å². The molecular formula is C15H20N2O. The van der Waals surface area contributed by atoms with Gasteiger partial charge in [0, 0.05) is 6.54 Å². The van der Waals surface area contributed by atoms with Crippen molar-refractivity contribution in [2.45, 2.75) is 40.2 Å². The van der Waals surface area contributed by atoms with E-state index in [4.69, 9.17) is 5.26 Å². The van der Waals surface area contributed by atoms with Crippen molar-refractivity contribution in [1.82, 2.24) is 5.32 Å². The van der Waals surface area contributed by atoms with Crippen LogP contribution in [0.2, 0.25) is 0 Å². The van der Waals surface area contributed by atoms with Crippen LogP contribution in [0.3, 0.4) is 0 Å². The summed E-state index contributed by atoms with van der Waals surface area (Å²) in [5.41, 5.74) is 1.35. The van der Waals surface area contributed by atoms with E-state index in [1.165, 1.54) is 5.56 Å². The number of amides is 1. The largest absolute Gasteiger partial charge is 0.351 e. The van der Waals surface area contributed by atoms with Crippen molar-refractivity contribution >= 4 is 5.91 Å². The van der Waals surface area contributed by atoms with Gasteiger partial charge in [-0.25, -0.2) is 0 Å². The zero-order valence-corrected chi connectivity index (χ0v) is 11.4. The molecule has 0 saturated carbocycles. The molecule has 0 aromatic heterocycles. The van der Waals surface area contributed by atoms with Crippen molar-refractivity contribution in [2.24, 2.45) is 5.41 Å². The Hall–Kier alpha value is -1.82. The van der Waals surface area contributed by atoms with Crippen molar-refractivity contribution in [3.8, 4) is 6.07 Å². The first-order valence-electron chi connectivity index (χ1n) is 6.15. The smallest absolute Gasteiger partial charge is 0.240 e. The molecule has 18 heavy (non-hydrogen) atoms. The van der Waals surface area contributed by atoms with Crippen LogP contribution in [-0.2, 0) is 11.3 Å². The molecule has 1 aromatic rings. The normalized spacial score (nSPS) is 11.1. The van der Waals surface area contributed by atoms with Gasteiger partial charge < -0.3 is 5.32 Å². The molecule has 0 heterocycles. The minimum Gasteiger partial charge on any atom is -0.351 e. The van der Waals surface area contributed by atoms with Crippen molar-refractivity contribution in [3.05, 3.63) is 35.4 Å². The molecule has 0 aliphatic carbocycles. The average molecular weight is 244 g/mol. The lowest BCUT2D eigenvalue weighted by molar-refractivity contribution is -0.126. The lowest BCUT2D eigenvalue weighted by atomic mass is 9.94. The Morgan fingerprint density at radius 1 is 1.33 bits per heavy atom. The highest BCUT2D eigenvalue weighted by atomic mass is 16.2. The summed E-state index contributed by atoms with van der Waals surface area (Å²) >= 11 is 0. The number of rotatable bonds is 4. The van der Waals surface area contributed by atoms with Crippen LogP contribution in [0.15, 0.2) is 24.3 Å². The second-order valence-corrected chi connectivity index (χ2v) is 5.32. The molecule has 0 saturated heterocycles. The highest BCUT2D eigenvalue weighted by Gasteiger charge is 2.26. The summed E-state index contributed by atoms with van der Waals surface area (Å²) in [7, 11) is 0. The van der Waals surface area contributed by atoms with Crippen molar-refractivity contribution in [3.63, 3.8) is 0 Å². The molecule has 0 bridgehead atoms. The number of carbonyl (C=O) groups excluding carboxylic acids is 1. The third kappa shape index (κ3) is 3.59. The second kappa shape index (κ2) is 5.68. The van der Waals surface area contributed by atoms with E-state index in [0.29, 0.717) is 12.5 Å². The Morgan fingerprint density at radius 3 is 2.33 bits per heavy atom. The molecule has 96 valence electrons. The molecule has 0 aliphatic heterocycles. The lowest BCUT2D eigenvalue weighted by Gasteiger charge is -2.15. The maximum atomic E-state index is 11.7. The highest BCUT2D eigenvalue weighted by Crippen LogP contribution is 2.16. The van der Waals surface area contributed by atoms with Gasteiger partial charge in [0.25, 0.3) is 0 Å². The van der Waals surface area contributed by atoms with E-state index in [-0.39, 0.29) is 5.91 Å². The third-order valence-electron chi connectivity index (χ3n) is 2.95. The van der Waals surface area contributed by atoms with E-state index < -0.39 is 5.41 Å². The summed E-state index contributed by atoms with van der Waals surface area (Å²) < 4.78 is 0. The fourth-order valence-electron chi connectivity index (χ4n) is 1.47. The number of nitrogens with zero attached hydrogens (tertiary/aromatic N) is 1. The number of benzene rings is 1. The number of nitriles is 1. The Morgan fingerprint density at radius 2 is 1.89 bits per heavy atom. The molecule has 0 fully saturated rings. The number of hydrogen-bond donors (Lipinski definition) is 1.